The average Bonchev–Trinajstić information content (AvgIpc) is 0.927. The van der Waals surface area contributed by atoms with Gasteiger partial charge in [0, 0.05) is 25.7 Å². The van der Waals surface area contributed by atoms with Gasteiger partial charge < -0.3 is 33.8 Å². The van der Waals surface area contributed by atoms with Gasteiger partial charge in [-0.15, -0.1) is 0 Å². The van der Waals surface area contributed by atoms with Crippen LogP contribution in [0.5, 0.6) is 0 Å². The summed E-state index contributed by atoms with van der Waals surface area (Å²) in [6.45, 7) is 14.2. The van der Waals surface area contributed by atoms with Crippen LogP contribution >= 0.6 is 15.6 Å². The van der Waals surface area contributed by atoms with Gasteiger partial charge in [-0.05, 0) is 49.4 Å². The summed E-state index contributed by atoms with van der Waals surface area (Å²) in [6, 6.07) is 0. The molecule has 0 aliphatic carbocycles. The molecule has 0 aromatic heterocycles. The Labute approximate surface area is 619 Å². The van der Waals surface area contributed by atoms with Gasteiger partial charge in [0.05, 0.1) is 26.4 Å². The molecule has 0 rings (SSSR count). The third kappa shape index (κ3) is 74.7. The van der Waals surface area contributed by atoms with Crippen molar-refractivity contribution in [3.05, 3.63) is 0 Å². The van der Waals surface area contributed by atoms with E-state index < -0.39 is 97.5 Å². The lowest BCUT2D eigenvalue weighted by Gasteiger charge is -2.21. The van der Waals surface area contributed by atoms with E-state index in [-0.39, 0.29) is 25.7 Å². The number of hydrogen-bond donors (Lipinski definition) is 3. The Kier molecular flexibility index (Phi) is 69.6. The first-order chi connectivity index (χ1) is 48.6. The molecule has 0 aliphatic heterocycles. The number of phosphoric acid groups is 2. The number of phosphoric ester groups is 2. The van der Waals surface area contributed by atoms with Crippen molar-refractivity contribution in [2.24, 2.45) is 23.7 Å². The Morgan fingerprint density at radius 3 is 0.703 bits per heavy atom. The molecule has 0 fully saturated rings. The number of ether oxygens (including phenoxy) is 4. The van der Waals surface area contributed by atoms with Crippen molar-refractivity contribution in [3.63, 3.8) is 0 Å². The maximum atomic E-state index is 13.1. The van der Waals surface area contributed by atoms with E-state index in [0.29, 0.717) is 25.7 Å². The second kappa shape index (κ2) is 71.0. The van der Waals surface area contributed by atoms with Crippen LogP contribution in [0.25, 0.3) is 0 Å². The van der Waals surface area contributed by atoms with Gasteiger partial charge in [-0.3, -0.25) is 37.3 Å². The SMILES string of the molecule is CCC(C)CCCCCCCCC(=O)OC[C@H](COP(=O)(O)OC[C@H](O)COP(=O)(O)OC[C@@H](COC(=O)CCCCCCCCCCCCCCCCCCCCC(C)C)OC(=O)CCCCCCCCCCCCCCCCCC(C)C)OC(=O)CCCCCCCCCCCC(C)C. The van der Waals surface area contributed by atoms with E-state index in [2.05, 4.69) is 55.4 Å². The summed E-state index contributed by atoms with van der Waals surface area (Å²) in [7, 11) is -9.92. The molecule has 0 aliphatic rings. The molecule has 0 bridgehead atoms. The quantitative estimate of drug-likeness (QED) is 0.0222. The van der Waals surface area contributed by atoms with Gasteiger partial charge in [0.25, 0.3) is 0 Å². The molecule has 3 unspecified atom stereocenters. The fraction of sp³-hybridized carbons (Fsp3) is 0.951. The molecule has 0 heterocycles. The highest BCUT2D eigenvalue weighted by molar-refractivity contribution is 7.47. The topological polar surface area (TPSA) is 237 Å². The van der Waals surface area contributed by atoms with Crippen LogP contribution in [0.15, 0.2) is 0 Å². The van der Waals surface area contributed by atoms with Gasteiger partial charge in [-0.25, -0.2) is 9.13 Å². The molecule has 0 radical (unpaired) electrons. The van der Waals surface area contributed by atoms with Crippen molar-refractivity contribution in [3.8, 4) is 0 Å². The van der Waals surface area contributed by atoms with Gasteiger partial charge >= 0.3 is 39.5 Å². The highest BCUT2D eigenvalue weighted by Crippen LogP contribution is 2.45. The third-order valence-electron chi connectivity index (χ3n) is 19.4. The van der Waals surface area contributed by atoms with Crippen LogP contribution in [0.1, 0.15) is 421 Å². The number of hydrogen-bond acceptors (Lipinski definition) is 15. The second-order valence-corrected chi connectivity index (χ2v) is 34.1. The van der Waals surface area contributed by atoms with Crippen LogP contribution < -0.4 is 0 Å². The molecule has 0 spiro atoms. The monoisotopic (exact) mass is 1480 g/mol. The molecular formula is C82H160O17P2. The van der Waals surface area contributed by atoms with Crippen LogP contribution in [0.4, 0.5) is 0 Å². The van der Waals surface area contributed by atoms with Gasteiger partial charge in [0.15, 0.2) is 12.2 Å². The van der Waals surface area contributed by atoms with E-state index in [9.17, 15) is 43.2 Å². The highest BCUT2D eigenvalue weighted by atomic mass is 31.2. The van der Waals surface area contributed by atoms with Crippen molar-refractivity contribution < 1.29 is 80.2 Å². The van der Waals surface area contributed by atoms with E-state index in [4.69, 9.17) is 37.0 Å². The van der Waals surface area contributed by atoms with Gasteiger partial charge in [0.1, 0.15) is 19.3 Å². The lowest BCUT2D eigenvalue weighted by Crippen LogP contribution is -2.30. The summed E-state index contributed by atoms with van der Waals surface area (Å²) in [5.41, 5.74) is 0. The Hall–Kier alpha value is -1.94. The fourth-order valence-corrected chi connectivity index (χ4v) is 14.2. The number of carbonyl (C=O) groups is 4. The summed E-state index contributed by atoms with van der Waals surface area (Å²) in [4.78, 5) is 73.0. The summed E-state index contributed by atoms with van der Waals surface area (Å²) in [5.74, 6) is 0.978. The molecule has 0 amide bonds. The first-order valence-electron chi connectivity index (χ1n) is 42.2. The van der Waals surface area contributed by atoms with Crippen molar-refractivity contribution in [2.45, 2.75) is 440 Å². The predicted molar refractivity (Wildman–Crippen MR) is 414 cm³/mol. The Morgan fingerprint density at radius 1 is 0.277 bits per heavy atom. The normalized spacial score (nSPS) is 14.3. The maximum absolute atomic E-state index is 13.1. The predicted octanol–water partition coefficient (Wildman–Crippen LogP) is 24.4. The van der Waals surface area contributed by atoms with E-state index in [0.717, 1.165) is 120 Å². The lowest BCUT2D eigenvalue weighted by atomic mass is 10.00. The van der Waals surface area contributed by atoms with E-state index in [1.165, 1.54) is 218 Å². The molecule has 17 nitrogen and oxygen atoms in total. The smallest absolute Gasteiger partial charge is 0.462 e. The molecule has 19 heteroatoms. The molecule has 600 valence electrons. The minimum absolute atomic E-state index is 0.104. The standard InChI is InChI=1S/C82H160O17P2/c1-9-75(8)61-53-45-40-41-47-55-63-80(85)93-69-78(99-82(87)65-57-49-39-33-27-30-36-44-52-60-74(6)7)71-97-101(90,91)95-67-76(83)66-94-100(88,89)96-70-77(98-81(86)64-56-48-38-32-26-22-18-14-16-20-24-29-35-43-51-59-73(4)5)68-92-79(84)62-54-46-37-31-25-21-17-13-11-10-12-15-19-23-28-34-42-50-58-72(2)3/h72-78,83H,9-71H2,1-8H3,(H,88,89)(H,90,91)/t75?,76-,77-,78-/m1/s1. The van der Waals surface area contributed by atoms with E-state index in [1.54, 1.807) is 0 Å². The van der Waals surface area contributed by atoms with Crippen molar-refractivity contribution in [1.82, 2.24) is 0 Å². The molecule has 0 aromatic carbocycles. The molecule has 0 saturated carbocycles. The van der Waals surface area contributed by atoms with E-state index in [1.807, 2.05) is 0 Å². The zero-order valence-electron chi connectivity index (χ0n) is 66.5. The number of esters is 4. The number of aliphatic hydroxyl groups is 1. The Bertz CT molecular complexity index is 1970. The average molecular weight is 1480 g/mol. The molecule has 6 atom stereocenters. The summed E-state index contributed by atoms with van der Waals surface area (Å²) >= 11 is 0. The summed E-state index contributed by atoms with van der Waals surface area (Å²) < 4.78 is 68.7. The third-order valence-corrected chi connectivity index (χ3v) is 21.3. The summed E-state index contributed by atoms with van der Waals surface area (Å²) in [5, 5.41) is 10.6. The van der Waals surface area contributed by atoms with E-state index >= 15 is 0 Å². The number of rotatable bonds is 79. The number of aliphatic hydroxyl groups excluding tert-OH is 1. The zero-order chi connectivity index (χ0) is 74.6. The van der Waals surface area contributed by atoms with Gasteiger partial charge in [-0.2, -0.15) is 0 Å². The summed E-state index contributed by atoms with van der Waals surface area (Å²) in [6.07, 6.45) is 58.5. The largest absolute Gasteiger partial charge is 0.472 e. The van der Waals surface area contributed by atoms with Crippen LogP contribution in [0.2, 0.25) is 0 Å². The van der Waals surface area contributed by atoms with Gasteiger partial charge in [0.2, 0.25) is 0 Å². The second-order valence-electron chi connectivity index (χ2n) is 31.2. The van der Waals surface area contributed by atoms with Crippen LogP contribution in [-0.2, 0) is 65.4 Å². The Balaban J connectivity index is 5.21. The molecule has 0 aromatic rings. The van der Waals surface area contributed by atoms with Crippen molar-refractivity contribution >= 4 is 39.5 Å². The zero-order valence-corrected chi connectivity index (χ0v) is 68.3. The van der Waals surface area contributed by atoms with Gasteiger partial charge in [-0.1, -0.05) is 370 Å². The van der Waals surface area contributed by atoms with Crippen LogP contribution in [0.3, 0.4) is 0 Å². The molecule has 101 heavy (non-hydrogen) atoms. The Morgan fingerprint density at radius 2 is 0.475 bits per heavy atom. The first-order valence-corrected chi connectivity index (χ1v) is 45.2. The van der Waals surface area contributed by atoms with Crippen molar-refractivity contribution in [1.29, 1.82) is 0 Å². The minimum Gasteiger partial charge on any atom is -0.462 e. The van der Waals surface area contributed by atoms with Crippen molar-refractivity contribution in [2.75, 3.05) is 39.6 Å². The minimum atomic E-state index is -4.96. The number of carbonyl (C=O) groups excluding carboxylic acids is 4. The van der Waals surface area contributed by atoms with Crippen LogP contribution in [0, 0.1) is 23.7 Å². The molecule has 0 saturated heterocycles. The molecule has 3 N–H and O–H groups in total. The van der Waals surface area contributed by atoms with Crippen LogP contribution in [-0.4, -0.2) is 96.7 Å². The highest BCUT2D eigenvalue weighted by Gasteiger charge is 2.30. The molecular weight excluding hydrogens is 1320 g/mol. The number of unbranched alkanes of at least 4 members (excludes halogenated alkanes) is 44. The fourth-order valence-electron chi connectivity index (χ4n) is 12.6. The first kappa shape index (κ1) is 99.1. The maximum Gasteiger partial charge on any atom is 0.472 e. The lowest BCUT2D eigenvalue weighted by molar-refractivity contribution is -0.161.